The smallest absolute Gasteiger partial charge is 0.221 e. The molecule has 8 rings (SSSR count). The van der Waals surface area contributed by atoms with Gasteiger partial charge < -0.3 is 20.0 Å². The summed E-state index contributed by atoms with van der Waals surface area (Å²) >= 11 is 0. The first-order chi connectivity index (χ1) is 28.3. The van der Waals surface area contributed by atoms with E-state index in [4.69, 9.17) is 4.74 Å². The maximum Gasteiger partial charge on any atom is 0.221 e. The lowest BCUT2D eigenvalue weighted by molar-refractivity contribution is -0.129. The first-order valence-electron chi connectivity index (χ1n) is 22.8. The van der Waals surface area contributed by atoms with E-state index in [9.17, 15) is 24.3 Å². The van der Waals surface area contributed by atoms with Crippen molar-refractivity contribution in [2.24, 2.45) is 35.0 Å². The van der Waals surface area contributed by atoms with Crippen LogP contribution in [0.5, 0.6) is 0 Å². The highest BCUT2D eigenvalue weighted by molar-refractivity contribution is 6.09. The number of rotatable bonds is 13. The number of aliphatic hydroxyl groups excluding tert-OH is 1. The van der Waals surface area contributed by atoms with Crippen LogP contribution < -0.4 is 5.32 Å². The summed E-state index contributed by atoms with van der Waals surface area (Å²) in [6, 6.07) is 16.0. The van der Waals surface area contributed by atoms with E-state index in [1.807, 2.05) is 30.3 Å². The van der Waals surface area contributed by atoms with E-state index >= 15 is 0 Å². The van der Waals surface area contributed by atoms with Crippen molar-refractivity contribution in [3.63, 3.8) is 0 Å². The number of nitrogens with zero attached hydrogens (tertiary/aromatic N) is 1. The minimum Gasteiger partial charge on any atom is -0.393 e. The maximum absolute atomic E-state index is 14.0. The molecule has 0 bridgehead atoms. The zero-order valence-corrected chi connectivity index (χ0v) is 36.0. The van der Waals surface area contributed by atoms with E-state index in [0.717, 1.165) is 57.2 Å². The molecule has 316 valence electrons. The fourth-order valence-electron chi connectivity index (χ4n) is 12.9. The molecule has 0 aromatic heterocycles. The Morgan fingerprint density at radius 3 is 2.44 bits per heavy atom. The summed E-state index contributed by atoms with van der Waals surface area (Å²) in [6.45, 7) is 12.9. The normalized spacial score (nSPS) is 34.3. The van der Waals surface area contributed by atoms with Crippen molar-refractivity contribution in [3.05, 3.63) is 94.1 Å². The summed E-state index contributed by atoms with van der Waals surface area (Å²) in [7, 11) is 0. The average molecular weight is 803 g/mol. The Hall–Kier alpha value is -3.72. The molecule has 4 aliphatic carbocycles. The highest BCUT2D eigenvalue weighted by Gasteiger charge is 2.61. The number of hydrogen-bond donors (Lipinski definition) is 2. The number of ether oxygens (including phenoxy) is 1. The SMILES string of the molecule is CC(=O)CCC(=O)N[C@@H](Cc1ccc(C(=O)c2ccccc2)cc1)C(=O)CCCN1C[C@@H](C)C[C@H]2O[C@]3(CC[C@@H]4C(=C3C)C[C@H]3[C@H]4CC=C4C[C@@H](O)CC[C@@]43C)[C@H](C)[C@@H]21. The van der Waals surface area contributed by atoms with E-state index in [0.29, 0.717) is 66.0 Å². The lowest BCUT2D eigenvalue weighted by Crippen LogP contribution is -2.52. The molecule has 2 aliphatic heterocycles. The monoisotopic (exact) mass is 802 g/mol. The zero-order valence-electron chi connectivity index (χ0n) is 36.0. The third-order valence-electron chi connectivity index (χ3n) is 16.1. The van der Waals surface area contributed by atoms with Gasteiger partial charge in [0.1, 0.15) is 5.78 Å². The summed E-state index contributed by atoms with van der Waals surface area (Å²) in [5.41, 5.74) is 6.70. The molecule has 1 amide bonds. The molecule has 8 heteroatoms. The molecule has 0 unspecified atom stereocenters. The van der Waals surface area contributed by atoms with Crippen LogP contribution >= 0.6 is 0 Å². The van der Waals surface area contributed by atoms with E-state index in [2.05, 4.69) is 44.0 Å². The van der Waals surface area contributed by atoms with Crippen molar-refractivity contribution in [3.8, 4) is 0 Å². The van der Waals surface area contributed by atoms with Crippen LogP contribution in [0, 0.1) is 35.0 Å². The number of carbonyl (C=O) groups excluding carboxylic acids is 4. The highest BCUT2D eigenvalue weighted by Crippen LogP contribution is 2.65. The third kappa shape index (κ3) is 8.11. The van der Waals surface area contributed by atoms with Crippen LogP contribution in [-0.4, -0.2) is 76.2 Å². The van der Waals surface area contributed by atoms with Crippen LogP contribution in [0.4, 0.5) is 0 Å². The van der Waals surface area contributed by atoms with Crippen LogP contribution in [0.2, 0.25) is 0 Å². The largest absolute Gasteiger partial charge is 0.393 e. The van der Waals surface area contributed by atoms with Crippen LogP contribution in [0.25, 0.3) is 0 Å². The van der Waals surface area contributed by atoms with Crippen molar-refractivity contribution in [1.82, 2.24) is 10.2 Å². The van der Waals surface area contributed by atoms with Gasteiger partial charge in [0.05, 0.1) is 23.9 Å². The van der Waals surface area contributed by atoms with Gasteiger partial charge in [-0.3, -0.25) is 19.3 Å². The molecule has 2 aromatic carbocycles. The quantitative estimate of drug-likeness (QED) is 0.155. The molecular formula is C51H66N2O6. The summed E-state index contributed by atoms with van der Waals surface area (Å²) in [5, 5.41) is 13.5. The molecule has 2 aromatic rings. The second-order valence-corrected chi connectivity index (χ2v) is 19.7. The Labute approximate surface area is 351 Å². The molecule has 4 fully saturated rings. The minimum atomic E-state index is -0.720. The van der Waals surface area contributed by atoms with Gasteiger partial charge in [-0.25, -0.2) is 0 Å². The van der Waals surface area contributed by atoms with Gasteiger partial charge >= 0.3 is 0 Å². The molecule has 8 nitrogen and oxygen atoms in total. The van der Waals surface area contributed by atoms with Gasteiger partial charge in [-0.2, -0.15) is 0 Å². The number of allylic oxidation sites excluding steroid dienone is 2. The maximum atomic E-state index is 14.0. The standard InChI is InChI=1S/C51H66N2O6/c1-31-26-46-48(34(4)51(59-46)24-22-40-41-19-18-38-28-39(55)21-23-50(38,5)43(41)29-42(40)33(51)3)53(30-31)25-9-12-45(56)44(52-47(57)20-13-32(2)54)27-35-14-16-37(17-15-35)49(58)36-10-7-6-8-11-36/h6-8,10-11,14-18,31,34,39-41,43-44,46,48,55H,9,12-13,19-30H2,1-5H3,(H,52,57)/t31-,34+,39-,40-,41-,43-,44-,46+,48-,50-,51-/m0/s1. The van der Waals surface area contributed by atoms with Gasteiger partial charge in [0.15, 0.2) is 11.6 Å². The van der Waals surface area contributed by atoms with E-state index in [1.165, 1.54) is 30.9 Å². The number of hydrogen-bond acceptors (Lipinski definition) is 7. The van der Waals surface area contributed by atoms with Crippen LogP contribution in [0.1, 0.15) is 133 Å². The molecule has 11 atom stereocenters. The number of Topliss-reactive ketones (excluding diaryl/α,β-unsaturated/α-hetero) is 2. The van der Waals surface area contributed by atoms with Crippen molar-refractivity contribution < 1.29 is 29.0 Å². The van der Waals surface area contributed by atoms with E-state index in [1.54, 1.807) is 29.8 Å². The number of benzene rings is 2. The molecule has 2 N–H and O–H groups in total. The number of likely N-dealkylation sites (tertiary alicyclic amines) is 1. The highest BCUT2D eigenvalue weighted by atomic mass is 16.5. The van der Waals surface area contributed by atoms with Gasteiger partial charge in [0, 0.05) is 48.9 Å². The number of ketones is 3. The summed E-state index contributed by atoms with van der Waals surface area (Å²) in [5.74, 6) is 2.38. The molecule has 2 saturated carbocycles. The van der Waals surface area contributed by atoms with Crippen molar-refractivity contribution in [2.75, 3.05) is 13.1 Å². The third-order valence-corrected chi connectivity index (χ3v) is 16.1. The van der Waals surface area contributed by atoms with Crippen molar-refractivity contribution >= 4 is 23.3 Å². The average Bonchev–Trinajstić information content (AvgIpc) is 3.75. The number of amides is 1. The topological polar surface area (TPSA) is 113 Å². The van der Waals surface area contributed by atoms with Gasteiger partial charge in [0.25, 0.3) is 0 Å². The number of aliphatic hydroxyl groups is 1. The lowest BCUT2D eigenvalue weighted by Gasteiger charge is -2.49. The fraction of sp³-hybridized carbons (Fsp3) is 0.608. The first-order valence-corrected chi connectivity index (χ1v) is 22.8. The summed E-state index contributed by atoms with van der Waals surface area (Å²) in [6.07, 6.45) is 12.5. The Balaban J connectivity index is 0.938. The first kappa shape index (κ1) is 42.0. The summed E-state index contributed by atoms with van der Waals surface area (Å²) in [4.78, 5) is 54.3. The zero-order chi connectivity index (χ0) is 41.6. The number of piperidine rings is 1. The Morgan fingerprint density at radius 2 is 1.69 bits per heavy atom. The second-order valence-electron chi connectivity index (χ2n) is 19.7. The van der Waals surface area contributed by atoms with Gasteiger partial charge in [-0.1, -0.05) is 92.6 Å². The summed E-state index contributed by atoms with van der Waals surface area (Å²) < 4.78 is 7.39. The van der Waals surface area contributed by atoms with Crippen LogP contribution in [0.15, 0.2) is 77.4 Å². The molecule has 2 heterocycles. The number of carbonyl (C=O) groups is 4. The van der Waals surface area contributed by atoms with Crippen molar-refractivity contribution in [1.29, 1.82) is 0 Å². The molecule has 6 aliphatic rings. The molecule has 2 saturated heterocycles. The molecular weight excluding hydrogens is 737 g/mol. The second kappa shape index (κ2) is 17.0. The van der Waals surface area contributed by atoms with Crippen molar-refractivity contribution in [2.45, 2.75) is 148 Å². The van der Waals surface area contributed by atoms with Gasteiger partial charge in [-0.15, -0.1) is 0 Å². The lowest BCUT2D eigenvalue weighted by atomic mass is 9.56. The number of fused-ring (bicyclic) bond motifs is 6. The molecule has 1 spiro atoms. The van der Waals surface area contributed by atoms with Crippen LogP contribution in [-0.2, 0) is 25.5 Å². The number of nitrogens with one attached hydrogen (secondary N) is 1. The Kier molecular flexibility index (Phi) is 12.1. The minimum absolute atomic E-state index is 0.0140. The predicted molar refractivity (Wildman–Crippen MR) is 230 cm³/mol. The van der Waals surface area contributed by atoms with Crippen LogP contribution in [0.3, 0.4) is 0 Å². The molecule has 0 radical (unpaired) electrons. The van der Waals surface area contributed by atoms with E-state index < -0.39 is 6.04 Å². The predicted octanol–water partition coefficient (Wildman–Crippen LogP) is 8.39. The Morgan fingerprint density at radius 1 is 0.949 bits per heavy atom. The molecule has 59 heavy (non-hydrogen) atoms. The van der Waals surface area contributed by atoms with Gasteiger partial charge in [0.2, 0.25) is 5.91 Å². The van der Waals surface area contributed by atoms with Gasteiger partial charge in [-0.05, 0) is 125 Å². The Bertz CT molecular complexity index is 1990. The van der Waals surface area contributed by atoms with E-state index in [-0.39, 0.29) is 59.3 Å². The fourth-order valence-corrected chi connectivity index (χ4v) is 12.9.